The van der Waals surface area contributed by atoms with Crippen molar-refractivity contribution in [1.82, 2.24) is 10.6 Å². The Morgan fingerprint density at radius 1 is 0.750 bits per heavy atom. The maximum atomic E-state index is 3.11. The molecule has 1 rings (SSSR count). The Morgan fingerprint density at radius 2 is 1.12 bits per heavy atom. The van der Waals surface area contributed by atoms with Crippen LogP contribution in [0.2, 0.25) is 0 Å². The molecule has 0 aromatic heterocycles. The van der Waals surface area contributed by atoms with E-state index in [-0.39, 0.29) is 37.2 Å². The summed E-state index contributed by atoms with van der Waals surface area (Å²) in [7, 11) is 0. The molecular weight excluding hydrogens is 170 g/mol. The van der Waals surface area contributed by atoms with Gasteiger partial charge in [0.05, 0.1) is 0 Å². The third-order valence-electron chi connectivity index (χ3n) is 0.729. The largest absolute Gasteiger partial charge is 0.303 e. The Labute approximate surface area is 68.0 Å². The summed E-state index contributed by atoms with van der Waals surface area (Å²) in [6, 6.07) is 0. The van der Waals surface area contributed by atoms with E-state index in [1.165, 1.54) is 0 Å². The molecule has 1 aliphatic heterocycles. The van der Waals surface area contributed by atoms with Gasteiger partial charge in [-0.15, -0.1) is 37.2 Å². The number of rotatable bonds is 0. The zero-order valence-corrected chi connectivity index (χ0v) is 6.80. The second-order valence-corrected chi connectivity index (χ2v) is 1.18. The molecular formula is C3H11Cl3N2. The standard InChI is InChI=1S/C3H8N2.3ClH/c1-2-5-3-4-1;;;/h4-5H,1-3H2;3*1H. The predicted octanol–water partition coefficient (Wildman–Crippen LogP) is 0.402. The molecule has 0 saturated carbocycles. The van der Waals surface area contributed by atoms with E-state index in [0.29, 0.717) is 0 Å². The van der Waals surface area contributed by atoms with Gasteiger partial charge in [0.15, 0.2) is 0 Å². The Kier molecular flexibility index (Phi) is 21.3. The summed E-state index contributed by atoms with van der Waals surface area (Å²) in [5.74, 6) is 0. The first-order valence-corrected chi connectivity index (χ1v) is 1.91. The van der Waals surface area contributed by atoms with Crippen molar-refractivity contribution in [1.29, 1.82) is 0 Å². The highest BCUT2D eigenvalue weighted by Crippen LogP contribution is 1.62. The molecule has 1 fully saturated rings. The molecule has 0 radical (unpaired) electrons. The molecule has 0 aromatic rings. The van der Waals surface area contributed by atoms with Gasteiger partial charge >= 0.3 is 0 Å². The van der Waals surface area contributed by atoms with Crippen molar-refractivity contribution >= 4 is 37.2 Å². The summed E-state index contributed by atoms with van der Waals surface area (Å²) in [5.41, 5.74) is 0. The third-order valence-corrected chi connectivity index (χ3v) is 0.729. The van der Waals surface area contributed by atoms with E-state index in [1.54, 1.807) is 0 Å². The molecule has 1 saturated heterocycles. The highest BCUT2D eigenvalue weighted by atomic mass is 35.5. The van der Waals surface area contributed by atoms with Crippen molar-refractivity contribution in [3.05, 3.63) is 0 Å². The molecule has 5 heteroatoms. The molecule has 1 heterocycles. The molecule has 0 spiro atoms. The van der Waals surface area contributed by atoms with Crippen molar-refractivity contribution in [3.63, 3.8) is 0 Å². The third kappa shape index (κ3) is 6.79. The second kappa shape index (κ2) is 10.7. The van der Waals surface area contributed by atoms with E-state index in [0.717, 1.165) is 19.8 Å². The minimum atomic E-state index is 0. The van der Waals surface area contributed by atoms with Crippen LogP contribution in [0.25, 0.3) is 0 Å². The van der Waals surface area contributed by atoms with Crippen molar-refractivity contribution in [3.8, 4) is 0 Å². The van der Waals surface area contributed by atoms with Crippen LogP contribution in [0.1, 0.15) is 0 Å². The molecule has 0 unspecified atom stereocenters. The second-order valence-electron chi connectivity index (χ2n) is 1.18. The number of nitrogens with one attached hydrogen (secondary N) is 2. The van der Waals surface area contributed by atoms with Gasteiger partial charge in [-0.25, -0.2) is 0 Å². The first-order valence-electron chi connectivity index (χ1n) is 1.91. The molecule has 0 amide bonds. The van der Waals surface area contributed by atoms with Gasteiger partial charge in [-0.3, -0.25) is 0 Å². The van der Waals surface area contributed by atoms with Gasteiger partial charge in [-0.2, -0.15) is 0 Å². The highest BCUT2D eigenvalue weighted by Gasteiger charge is 1.90. The quantitative estimate of drug-likeness (QED) is 0.565. The van der Waals surface area contributed by atoms with Crippen molar-refractivity contribution in [2.45, 2.75) is 0 Å². The average Bonchev–Trinajstić information content (AvgIpc) is 1.76. The fraction of sp³-hybridized carbons (Fsp3) is 1.00. The van der Waals surface area contributed by atoms with E-state index < -0.39 is 0 Å². The lowest BCUT2D eigenvalue weighted by atomic mass is 10.7. The van der Waals surface area contributed by atoms with Gasteiger partial charge in [0.2, 0.25) is 0 Å². The van der Waals surface area contributed by atoms with Gasteiger partial charge in [0.1, 0.15) is 0 Å². The van der Waals surface area contributed by atoms with Crippen LogP contribution in [0.5, 0.6) is 0 Å². The van der Waals surface area contributed by atoms with Crippen LogP contribution >= 0.6 is 37.2 Å². The summed E-state index contributed by atoms with van der Waals surface area (Å²) in [6.07, 6.45) is 0. The topological polar surface area (TPSA) is 24.1 Å². The Hall–Kier alpha value is 0.790. The van der Waals surface area contributed by atoms with Gasteiger partial charge in [-0.1, -0.05) is 0 Å². The smallest absolute Gasteiger partial charge is 0.0455 e. The lowest BCUT2D eigenvalue weighted by Gasteiger charge is -1.77. The zero-order valence-electron chi connectivity index (χ0n) is 4.35. The van der Waals surface area contributed by atoms with Crippen LogP contribution in [-0.2, 0) is 0 Å². The van der Waals surface area contributed by atoms with E-state index in [1.807, 2.05) is 0 Å². The summed E-state index contributed by atoms with van der Waals surface area (Å²) >= 11 is 0. The SMILES string of the molecule is C1CNCN1.Cl.Cl.Cl. The minimum absolute atomic E-state index is 0. The van der Waals surface area contributed by atoms with Crippen LogP contribution in [0.4, 0.5) is 0 Å². The van der Waals surface area contributed by atoms with Gasteiger partial charge in [0.25, 0.3) is 0 Å². The molecule has 54 valence electrons. The maximum absolute atomic E-state index is 3.11. The number of halogens is 3. The fourth-order valence-corrected chi connectivity index (χ4v) is 0.442. The van der Waals surface area contributed by atoms with Crippen molar-refractivity contribution in [2.24, 2.45) is 0 Å². The number of hydrogen-bond donors (Lipinski definition) is 2. The molecule has 8 heavy (non-hydrogen) atoms. The summed E-state index contributed by atoms with van der Waals surface area (Å²) in [4.78, 5) is 0. The van der Waals surface area contributed by atoms with Gasteiger partial charge in [-0.05, 0) is 0 Å². The van der Waals surface area contributed by atoms with Crippen LogP contribution in [0.15, 0.2) is 0 Å². The first kappa shape index (κ1) is 15.9. The van der Waals surface area contributed by atoms with Crippen LogP contribution in [0, 0.1) is 0 Å². The highest BCUT2D eigenvalue weighted by molar-refractivity contribution is 5.86. The lowest BCUT2D eigenvalue weighted by Crippen LogP contribution is -2.11. The van der Waals surface area contributed by atoms with Crippen LogP contribution in [0.3, 0.4) is 0 Å². The molecule has 1 aliphatic rings. The van der Waals surface area contributed by atoms with Gasteiger partial charge < -0.3 is 10.6 Å². The zero-order chi connectivity index (χ0) is 3.54. The first-order chi connectivity index (χ1) is 2.50. The monoisotopic (exact) mass is 180 g/mol. The summed E-state index contributed by atoms with van der Waals surface area (Å²) in [5, 5.41) is 6.22. The molecule has 0 atom stereocenters. The fourth-order valence-electron chi connectivity index (χ4n) is 0.442. The van der Waals surface area contributed by atoms with E-state index in [2.05, 4.69) is 10.6 Å². The van der Waals surface area contributed by atoms with Crippen molar-refractivity contribution in [2.75, 3.05) is 19.8 Å². The summed E-state index contributed by atoms with van der Waals surface area (Å²) < 4.78 is 0. The van der Waals surface area contributed by atoms with E-state index in [4.69, 9.17) is 0 Å². The van der Waals surface area contributed by atoms with Crippen LogP contribution in [-0.4, -0.2) is 19.8 Å². The maximum Gasteiger partial charge on any atom is 0.0455 e. The summed E-state index contributed by atoms with van der Waals surface area (Å²) in [6.45, 7) is 3.28. The average molecular weight is 181 g/mol. The lowest BCUT2D eigenvalue weighted by molar-refractivity contribution is 0.807. The molecule has 2 N–H and O–H groups in total. The Bertz CT molecular complexity index is 24.1. The Morgan fingerprint density at radius 3 is 1.25 bits per heavy atom. The number of hydrogen-bond acceptors (Lipinski definition) is 2. The van der Waals surface area contributed by atoms with Gasteiger partial charge in [0, 0.05) is 19.8 Å². The molecule has 2 nitrogen and oxygen atoms in total. The van der Waals surface area contributed by atoms with E-state index in [9.17, 15) is 0 Å². The normalized spacial score (nSPS) is 15.0. The van der Waals surface area contributed by atoms with E-state index >= 15 is 0 Å². The molecule has 0 bridgehead atoms. The molecule has 0 aliphatic carbocycles. The molecule has 0 aromatic carbocycles. The van der Waals surface area contributed by atoms with Crippen molar-refractivity contribution < 1.29 is 0 Å². The predicted molar refractivity (Wildman–Crippen MR) is 42.6 cm³/mol. The minimum Gasteiger partial charge on any atom is -0.303 e. The van der Waals surface area contributed by atoms with Crippen LogP contribution < -0.4 is 10.6 Å². The Balaban J connectivity index is -0.0000000833.